The number of para-hydroxylation sites is 1. The molecule has 1 aromatic carbocycles. The van der Waals surface area contributed by atoms with Gasteiger partial charge in [0.2, 0.25) is 11.8 Å². The molecule has 0 bridgehead atoms. The first-order valence-corrected chi connectivity index (χ1v) is 9.46. The first kappa shape index (κ1) is 18.4. The third-order valence-corrected chi connectivity index (χ3v) is 5.43. The minimum absolute atomic E-state index is 0.0365. The molecule has 0 saturated heterocycles. The topological polar surface area (TPSA) is 86.7 Å². The zero-order valence-corrected chi connectivity index (χ0v) is 14.9. The first-order valence-electron chi connectivity index (χ1n) is 9.46. The maximum atomic E-state index is 12.4. The van der Waals surface area contributed by atoms with Crippen molar-refractivity contribution in [3.05, 3.63) is 29.8 Å². The highest BCUT2D eigenvalue weighted by atomic mass is 16.4. The number of aryl methyl sites for hydroxylation is 1. The summed E-state index contributed by atoms with van der Waals surface area (Å²) >= 11 is 0. The van der Waals surface area contributed by atoms with E-state index in [1.807, 2.05) is 24.3 Å². The van der Waals surface area contributed by atoms with E-state index in [-0.39, 0.29) is 24.3 Å². The lowest BCUT2D eigenvalue weighted by Crippen LogP contribution is -2.44. The minimum atomic E-state index is -0.836. The molecule has 0 unspecified atom stereocenters. The minimum Gasteiger partial charge on any atom is -0.481 e. The van der Waals surface area contributed by atoms with Crippen LogP contribution in [0.3, 0.4) is 0 Å². The smallest absolute Gasteiger partial charge is 0.308 e. The highest BCUT2D eigenvalue weighted by Crippen LogP contribution is 2.28. The van der Waals surface area contributed by atoms with Crippen LogP contribution < -0.4 is 10.2 Å². The molecular formula is C20H26N2O4. The summed E-state index contributed by atoms with van der Waals surface area (Å²) in [5, 5.41) is 12.3. The number of benzene rings is 1. The second-order valence-corrected chi connectivity index (χ2v) is 7.18. The number of hydrogen-bond donors (Lipinski definition) is 2. The van der Waals surface area contributed by atoms with Crippen LogP contribution in [0.4, 0.5) is 5.69 Å². The van der Waals surface area contributed by atoms with Crippen LogP contribution in [0, 0.1) is 5.92 Å². The molecule has 2 N–H and O–H groups in total. The summed E-state index contributed by atoms with van der Waals surface area (Å²) in [6.45, 7) is 0.326. The molecule has 1 heterocycles. The third-order valence-electron chi connectivity index (χ3n) is 5.43. The third kappa shape index (κ3) is 4.23. The van der Waals surface area contributed by atoms with Crippen LogP contribution in [-0.2, 0) is 20.8 Å². The van der Waals surface area contributed by atoms with Crippen molar-refractivity contribution in [2.45, 2.75) is 57.4 Å². The van der Waals surface area contributed by atoms with Gasteiger partial charge in [0, 0.05) is 31.1 Å². The summed E-state index contributed by atoms with van der Waals surface area (Å²) in [5.41, 5.74) is 2.01. The van der Waals surface area contributed by atoms with Crippen molar-refractivity contribution in [2.24, 2.45) is 5.92 Å². The van der Waals surface area contributed by atoms with Crippen LogP contribution in [0.2, 0.25) is 0 Å². The standard InChI is InChI=1S/C20H26N2O4/c23-18(21-16-8-3-1-2-7-15(16)20(25)26)12-13-22-17-9-5-4-6-14(17)10-11-19(22)24/h4-6,9,15-16H,1-3,7-8,10-13H2,(H,21,23)(H,25,26)/t15-,16+/m1/s1. The van der Waals surface area contributed by atoms with E-state index in [2.05, 4.69) is 5.32 Å². The number of anilines is 1. The average molecular weight is 358 g/mol. The zero-order chi connectivity index (χ0) is 18.5. The van der Waals surface area contributed by atoms with Gasteiger partial charge in [0.25, 0.3) is 0 Å². The van der Waals surface area contributed by atoms with Crippen LogP contribution in [-0.4, -0.2) is 35.5 Å². The Hall–Kier alpha value is -2.37. The summed E-state index contributed by atoms with van der Waals surface area (Å²) in [6, 6.07) is 7.46. The fraction of sp³-hybridized carbons (Fsp3) is 0.550. The van der Waals surface area contributed by atoms with Crippen LogP contribution in [0.5, 0.6) is 0 Å². The Balaban J connectivity index is 1.60. The summed E-state index contributed by atoms with van der Waals surface area (Å²) in [6.07, 6.45) is 5.53. The Morgan fingerprint density at radius 3 is 2.69 bits per heavy atom. The van der Waals surface area contributed by atoms with E-state index in [9.17, 15) is 19.5 Å². The largest absolute Gasteiger partial charge is 0.481 e. The quantitative estimate of drug-likeness (QED) is 0.792. The molecule has 6 heteroatoms. The Morgan fingerprint density at radius 2 is 1.88 bits per heavy atom. The van der Waals surface area contributed by atoms with E-state index in [0.717, 1.165) is 36.9 Å². The van der Waals surface area contributed by atoms with Gasteiger partial charge in [0.1, 0.15) is 0 Å². The van der Waals surface area contributed by atoms with E-state index in [4.69, 9.17) is 0 Å². The Bertz CT molecular complexity index is 688. The average Bonchev–Trinajstić information content (AvgIpc) is 2.86. The molecular weight excluding hydrogens is 332 g/mol. The fourth-order valence-corrected chi connectivity index (χ4v) is 4.01. The summed E-state index contributed by atoms with van der Waals surface area (Å²) in [7, 11) is 0. The number of nitrogens with one attached hydrogen (secondary N) is 1. The van der Waals surface area contributed by atoms with Gasteiger partial charge in [-0.15, -0.1) is 0 Å². The van der Waals surface area contributed by atoms with Crippen molar-refractivity contribution in [1.82, 2.24) is 5.32 Å². The van der Waals surface area contributed by atoms with Crippen molar-refractivity contribution in [1.29, 1.82) is 0 Å². The summed E-state index contributed by atoms with van der Waals surface area (Å²) in [5.74, 6) is -1.50. The van der Waals surface area contributed by atoms with Gasteiger partial charge in [-0.05, 0) is 30.9 Å². The molecule has 1 aliphatic carbocycles. The Morgan fingerprint density at radius 1 is 1.12 bits per heavy atom. The Kier molecular flexibility index (Phi) is 5.91. The second kappa shape index (κ2) is 8.34. The number of amides is 2. The molecule has 1 saturated carbocycles. The summed E-state index contributed by atoms with van der Waals surface area (Å²) in [4.78, 5) is 37.8. The number of fused-ring (bicyclic) bond motifs is 1. The summed E-state index contributed by atoms with van der Waals surface area (Å²) < 4.78 is 0. The van der Waals surface area contributed by atoms with Gasteiger partial charge < -0.3 is 15.3 Å². The molecule has 6 nitrogen and oxygen atoms in total. The molecule has 0 aromatic heterocycles. The number of carbonyl (C=O) groups is 3. The van der Waals surface area contributed by atoms with E-state index in [1.54, 1.807) is 4.90 Å². The lowest BCUT2D eigenvalue weighted by molar-refractivity contribution is -0.143. The number of aliphatic carboxylic acids is 1. The van der Waals surface area contributed by atoms with E-state index in [0.29, 0.717) is 25.8 Å². The molecule has 1 aromatic rings. The molecule has 3 rings (SSSR count). The van der Waals surface area contributed by atoms with Crippen LogP contribution in [0.25, 0.3) is 0 Å². The zero-order valence-electron chi connectivity index (χ0n) is 14.9. The van der Waals surface area contributed by atoms with Crippen LogP contribution in [0.15, 0.2) is 24.3 Å². The molecule has 0 radical (unpaired) electrons. The van der Waals surface area contributed by atoms with Crippen LogP contribution in [0.1, 0.15) is 50.5 Å². The predicted molar refractivity (Wildman–Crippen MR) is 97.9 cm³/mol. The van der Waals surface area contributed by atoms with Gasteiger partial charge >= 0.3 is 5.97 Å². The number of carbonyl (C=O) groups excluding carboxylic acids is 2. The second-order valence-electron chi connectivity index (χ2n) is 7.18. The molecule has 2 aliphatic rings. The van der Waals surface area contributed by atoms with Gasteiger partial charge in [0.05, 0.1) is 5.92 Å². The lowest BCUT2D eigenvalue weighted by Gasteiger charge is -2.29. The van der Waals surface area contributed by atoms with Gasteiger partial charge in [-0.3, -0.25) is 14.4 Å². The first-order chi connectivity index (χ1) is 12.6. The maximum Gasteiger partial charge on any atom is 0.308 e. The van der Waals surface area contributed by atoms with Crippen molar-refractivity contribution in [3.8, 4) is 0 Å². The molecule has 1 aliphatic heterocycles. The van der Waals surface area contributed by atoms with Gasteiger partial charge in [0.15, 0.2) is 0 Å². The Labute approximate surface area is 153 Å². The predicted octanol–water partition coefficient (Wildman–Crippen LogP) is 2.51. The van der Waals surface area contributed by atoms with Crippen LogP contribution >= 0.6 is 0 Å². The SMILES string of the molecule is O=C(CCN1C(=O)CCc2ccccc21)N[C@H]1CCCCC[C@H]1C(=O)O. The highest BCUT2D eigenvalue weighted by Gasteiger charge is 2.31. The van der Waals surface area contributed by atoms with Crippen molar-refractivity contribution in [2.75, 3.05) is 11.4 Å². The van der Waals surface area contributed by atoms with E-state index >= 15 is 0 Å². The van der Waals surface area contributed by atoms with E-state index in [1.165, 1.54) is 0 Å². The molecule has 2 atom stereocenters. The number of carboxylic acid groups (broad SMARTS) is 1. The number of nitrogens with zero attached hydrogens (tertiary/aromatic N) is 1. The number of hydrogen-bond acceptors (Lipinski definition) is 3. The molecule has 2 amide bonds. The molecule has 1 fully saturated rings. The number of rotatable bonds is 5. The fourth-order valence-electron chi connectivity index (χ4n) is 4.01. The van der Waals surface area contributed by atoms with Gasteiger partial charge in [-0.25, -0.2) is 0 Å². The van der Waals surface area contributed by atoms with Gasteiger partial charge in [-0.1, -0.05) is 37.5 Å². The van der Waals surface area contributed by atoms with Crippen molar-refractivity contribution >= 4 is 23.5 Å². The maximum absolute atomic E-state index is 12.4. The van der Waals surface area contributed by atoms with Crippen molar-refractivity contribution < 1.29 is 19.5 Å². The highest BCUT2D eigenvalue weighted by molar-refractivity contribution is 5.97. The normalized spacial score (nSPS) is 23.1. The lowest BCUT2D eigenvalue weighted by atomic mass is 9.94. The number of carboxylic acids is 1. The molecule has 140 valence electrons. The van der Waals surface area contributed by atoms with Crippen molar-refractivity contribution in [3.63, 3.8) is 0 Å². The van der Waals surface area contributed by atoms with Gasteiger partial charge in [-0.2, -0.15) is 0 Å². The monoisotopic (exact) mass is 358 g/mol. The molecule has 26 heavy (non-hydrogen) atoms. The van der Waals surface area contributed by atoms with E-state index < -0.39 is 11.9 Å². The molecule has 0 spiro atoms.